The van der Waals surface area contributed by atoms with E-state index in [9.17, 15) is 0 Å². The third-order valence-electron chi connectivity index (χ3n) is 2.76. The molecule has 0 aliphatic heterocycles. The molecule has 0 aliphatic rings. The Balaban J connectivity index is 2.20. The molecule has 2 nitrogen and oxygen atoms in total. The highest BCUT2D eigenvalue weighted by molar-refractivity contribution is 6.30. The van der Waals surface area contributed by atoms with E-state index in [1.54, 1.807) is 0 Å². The van der Waals surface area contributed by atoms with Crippen molar-refractivity contribution in [3.63, 3.8) is 0 Å². The first-order valence-electron chi connectivity index (χ1n) is 5.94. The minimum absolute atomic E-state index is 0.167. The normalized spacial score (nSPS) is 12.2. The minimum Gasteiger partial charge on any atom is -0.494 e. The molecule has 2 aromatic rings. The fourth-order valence-electron chi connectivity index (χ4n) is 1.83. The zero-order valence-corrected chi connectivity index (χ0v) is 11.0. The summed E-state index contributed by atoms with van der Waals surface area (Å²) in [5.41, 5.74) is 8.26. The number of hydrogen-bond acceptors (Lipinski definition) is 2. The lowest BCUT2D eigenvalue weighted by Gasteiger charge is -2.13. The molecular weight excluding hydrogens is 246 g/mol. The molecule has 2 aromatic carbocycles. The standard InChI is InChI=1S/C15H16ClNO/c1-2-18-14-8-6-11(7-9-14)15(17)12-4-3-5-13(16)10-12/h3-10,15H,2,17H2,1H3/t15-/m1/s1. The van der Waals surface area contributed by atoms with Crippen molar-refractivity contribution in [1.82, 2.24) is 0 Å². The summed E-state index contributed by atoms with van der Waals surface area (Å²) in [5, 5.41) is 0.703. The number of benzene rings is 2. The smallest absolute Gasteiger partial charge is 0.119 e. The van der Waals surface area contributed by atoms with Gasteiger partial charge in [-0.2, -0.15) is 0 Å². The predicted molar refractivity (Wildman–Crippen MR) is 75.1 cm³/mol. The van der Waals surface area contributed by atoms with Gasteiger partial charge < -0.3 is 10.5 Å². The van der Waals surface area contributed by atoms with Crippen molar-refractivity contribution >= 4 is 11.6 Å². The third kappa shape index (κ3) is 3.03. The summed E-state index contributed by atoms with van der Waals surface area (Å²) in [6.07, 6.45) is 0. The molecule has 0 aliphatic carbocycles. The van der Waals surface area contributed by atoms with Crippen LogP contribution in [-0.4, -0.2) is 6.61 Å². The van der Waals surface area contributed by atoms with Gasteiger partial charge in [0.15, 0.2) is 0 Å². The molecule has 1 atom stereocenters. The summed E-state index contributed by atoms with van der Waals surface area (Å²) >= 11 is 5.97. The van der Waals surface area contributed by atoms with Crippen LogP contribution >= 0.6 is 11.6 Å². The largest absolute Gasteiger partial charge is 0.494 e. The van der Waals surface area contributed by atoms with Gasteiger partial charge in [-0.3, -0.25) is 0 Å². The summed E-state index contributed by atoms with van der Waals surface area (Å²) in [7, 11) is 0. The maximum atomic E-state index is 6.21. The molecule has 0 radical (unpaired) electrons. The van der Waals surface area contributed by atoms with Crippen molar-refractivity contribution < 1.29 is 4.74 Å². The third-order valence-corrected chi connectivity index (χ3v) is 2.99. The van der Waals surface area contributed by atoms with Crippen molar-refractivity contribution in [2.45, 2.75) is 13.0 Å². The van der Waals surface area contributed by atoms with Gasteiger partial charge in [-0.15, -0.1) is 0 Å². The maximum Gasteiger partial charge on any atom is 0.119 e. The van der Waals surface area contributed by atoms with Crippen LogP contribution in [0.15, 0.2) is 48.5 Å². The Morgan fingerprint density at radius 2 is 1.83 bits per heavy atom. The van der Waals surface area contributed by atoms with E-state index in [0.29, 0.717) is 11.6 Å². The summed E-state index contributed by atoms with van der Waals surface area (Å²) in [5.74, 6) is 0.861. The van der Waals surface area contributed by atoms with Gasteiger partial charge in [0.1, 0.15) is 5.75 Å². The van der Waals surface area contributed by atoms with Gasteiger partial charge in [0.2, 0.25) is 0 Å². The molecule has 0 saturated heterocycles. The summed E-state index contributed by atoms with van der Waals surface area (Å²) in [4.78, 5) is 0. The highest BCUT2D eigenvalue weighted by Gasteiger charge is 2.09. The van der Waals surface area contributed by atoms with E-state index in [4.69, 9.17) is 22.1 Å². The second-order valence-corrected chi connectivity index (χ2v) is 4.47. The van der Waals surface area contributed by atoms with Crippen LogP contribution in [0.2, 0.25) is 5.02 Å². The van der Waals surface area contributed by atoms with Gasteiger partial charge in [-0.25, -0.2) is 0 Å². The molecule has 2 N–H and O–H groups in total. The van der Waals surface area contributed by atoms with E-state index in [1.807, 2.05) is 55.5 Å². The molecule has 0 amide bonds. The van der Waals surface area contributed by atoms with Gasteiger partial charge >= 0.3 is 0 Å². The van der Waals surface area contributed by atoms with E-state index in [-0.39, 0.29) is 6.04 Å². The van der Waals surface area contributed by atoms with Crippen molar-refractivity contribution in [2.24, 2.45) is 5.73 Å². The lowest BCUT2D eigenvalue weighted by molar-refractivity contribution is 0.340. The maximum absolute atomic E-state index is 6.21. The molecule has 0 bridgehead atoms. The van der Waals surface area contributed by atoms with Crippen LogP contribution in [0.3, 0.4) is 0 Å². The molecule has 94 valence electrons. The average molecular weight is 262 g/mol. The van der Waals surface area contributed by atoms with Gasteiger partial charge in [-0.05, 0) is 42.3 Å². The Hall–Kier alpha value is -1.51. The van der Waals surface area contributed by atoms with Crippen LogP contribution in [0.1, 0.15) is 24.1 Å². The second-order valence-electron chi connectivity index (χ2n) is 4.03. The van der Waals surface area contributed by atoms with Gasteiger partial charge in [0, 0.05) is 5.02 Å². The Morgan fingerprint density at radius 1 is 1.11 bits per heavy atom. The molecule has 18 heavy (non-hydrogen) atoms. The minimum atomic E-state index is -0.167. The molecule has 2 rings (SSSR count). The lowest BCUT2D eigenvalue weighted by atomic mass is 10.00. The molecule has 0 unspecified atom stereocenters. The number of ether oxygens (including phenoxy) is 1. The Labute approximate surface area is 112 Å². The van der Waals surface area contributed by atoms with Crippen LogP contribution in [0.25, 0.3) is 0 Å². The molecule has 0 aromatic heterocycles. The molecule has 0 heterocycles. The number of halogens is 1. The molecule has 0 spiro atoms. The van der Waals surface area contributed by atoms with Crippen molar-refractivity contribution in [1.29, 1.82) is 0 Å². The summed E-state index contributed by atoms with van der Waals surface area (Å²) in [6, 6.07) is 15.3. The highest BCUT2D eigenvalue weighted by atomic mass is 35.5. The molecule has 3 heteroatoms. The summed E-state index contributed by atoms with van der Waals surface area (Å²) < 4.78 is 5.40. The second kappa shape index (κ2) is 5.89. The number of nitrogens with two attached hydrogens (primary N) is 1. The zero-order valence-electron chi connectivity index (χ0n) is 10.3. The van der Waals surface area contributed by atoms with Gasteiger partial charge in [0.25, 0.3) is 0 Å². The quantitative estimate of drug-likeness (QED) is 0.909. The average Bonchev–Trinajstić information content (AvgIpc) is 2.39. The lowest BCUT2D eigenvalue weighted by Crippen LogP contribution is -2.11. The predicted octanol–water partition coefficient (Wildman–Crippen LogP) is 3.79. The Bertz CT molecular complexity index is 510. The van der Waals surface area contributed by atoms with Gasteiger partial charge in [-0.1, -0.05) is 35.9 Å². The fourth-order valence-corrected chi connectivity index (χ4v) is 2.03. The Kier molecular flexibility index (Phi) is 4.24. The monoisotopic (exact) mass is 261 g/mol. The molecule has 0 fully saturated rings. The van der Waals surface area contributed by atoms with Crippen molar-refractivity contribution in [3.05, 3.63) is 64.7 Å². The number of hydrogen-bond donors (Lipinski definition) is 1. The fraction of sp³-hybridized carbons (Fsp3) is 0.200. The van der Waals surface area contributed by atoms with Crippen molar-refractivity contribution in [2.75, 3.05) is 6.61 Å². The van der Waals surface area contributed by atoms with Crippen LogP contribution in [-0.2, 0) is 0 Å². The topological polar surface area (TPSA) is 35.2 Å². The first-order valence-corrected chi connectivity index (χ1v) is 6.32. The van der Waals surface area contributed by atoms with E-state index in [2.05, 4.69) is 0 Å². The SMILES string of the molecule is CCOc1ccc([C@@H](N)c2cccc(Cl)c2)cc1. The van der Waals surface area contributed by atoms with E-state index >= 15 is 0 Å². The first-order chi connectivity index (χ1) is 8.70. The Morgan fingerprint density at radius 3 is 2.44 bits per heavy atom. The van der Waals surface area contributed by atoms with E-state index in [0.717, 1.165) is 16.9 Å². The molecular formula is C15H16ClNO. The van der Waals surface area contributed by atoms with Crippen LogP contribution in [0.5, 0.6) is 5.75 Å². The van der Waals surface area contributed by atoms with Crippen LogP contribution in [0.4, 0.5) is 0 Å². The zero-order chi connectivity index (χ0) is 13.0. The first kappa shape index (κ1) is 12.9. The van der Waals surface area contributed by atoms with E-state index < -0.39 is 0 Å². The van der Waals surface area contributed by atoms with Gasteiger partial charge in [0.05, 0.1) is 12.6 Å². The van der Waals surface area contributed by atoms with Crippen LogP contribution < -0.4 is 10.5 Å². The number of rotatable bonds is 4. The van der Waals surface area contributed by atoms with E-state index in [1.165, 1.54) is 0 Å². The highest BCUT2D eigenvalue weighted by Crippen LogP contribution is 2.23. The van der Waals surface area contributed by atoms with Crippen LogP contribution in [0, 0.1) is 0 Å². The molecule has 0 saturated carbocycles. The van der Waals surface area contributed by atoms with Crippen molar-refractivity contribution in [3.8, 4) is 5.75 Å². The summed E-state index contributed by atoms with van der Waals surface area (Å²) in [6.45, 7) is 2.63.